The van der Waals surface area contributed by atoms with Crippen LogP contribution in [0.4, 0.5) is 4.39 Å². The lowest BCUT2D eigenvalue weighted by molar-refractivity contribution is -0.143. The Kier molecular flexibility index (Phi) is 7.09. The molecule has 1 aromatic carbocycles. The molecule has 0 bridgehead atoms. The first kappa shape index (κ1) is 24.0. The molecule has 32 heavy (non-hydrogen) atoms. The highest BCUT2D eigenvalue weighted by Gasteiger charge is 2.54. The molecule has 1 aromatic heterocycles. The van der Waals surface area contributed by atoms with Crippen LogP contribution >= 0.6 is 11.3 Å². The molecule has 1 fully saturated rings. The number of aromatic nitrogens is 1. The molecule has 172 valence electrons. The average Bonchev–Trinajstić information content (AvgIpc) is 3.27. The summed E-state index contributed by atoms with van der Waals surface area (Å²) in [6, 6.07) is 5.36. The Morgan fingerprint density at radius 1 is 1.31 bits per heavy atom. The predicted molar refractivity (Wildman–Crippen MR) is 121 cm³/mol. The van der Waals surface area contributed by atoms with Gasteiger partial charge in [0.15, 0.2) is 0 Å². The van der Waals surface area contributed by atoms with Gasteiger partial charge in [-0.3, -0.25) is 19.3 Å². The molecule has 2 heterocycles. The number of aryl methyl sites for hydroxylation is 1. The van der Waals surface area contributed by atoms with Gasteiger partial charge in [0.05, 0.1) is 11.5 Å². The highest BCUT2D eigenvalue weighted by atomic mass is 32.1. The third kappa shape index (κ3) is 4.73. The van der Waals surface area contributed by atoms with E-state index in [2.05, 4.69) is 4.98 Å². The van der Waals surface area contributed by atoms with Crippen molar-refractivity contribution >= 4 is 29.1 Å². The number of imide groups is 1. The maximum atomic E-state index is 14.1. The highest BCUT2D eigenvalue weighted by molar-refractivity contribution is 7.09. The number of benzene rings is 1. The van der Waals surface area contributed by atoms with Crippen molar-refractivity contribution in [3.8, 4) is 0 Å². The standard InChI is InChI=1S/C23H29FN4O3S/c1-15-14-32-21(25-15)16(2)27(5)19(29)12-23(17-7-6-8-18(24)11-17)13-20(30)28(22(23)31)10-9-26(3)4/h6-8,11,14,16H,9-10,12-13H2,1-5H3. The Morgan fingerprint density at radius 2 is 2.03 bits per heavy atom. The Bertz CT molecular complexity index is 1020. The molecule has 1 saturated heterocycles. The minimum atomic E-state index is -1.42. The summed E-state index contributed by atoms with van der Waals surface area (Å²) in [5, 5.41) is 2.71. The van der Waals surface area contributed by atoms with Crippen LogP contribution < -0.4 is 0 Å². The van der Waals surface area contributed by atoms with Gasteiger partial charge in [0, 0.05) is 44.1 Å². The molecule has 3 rings (SSSR count). The van der Waals surface area contributed by atoms with Gasteiger partial charge in [0.2, 0.25) is 17.7 Å². The van der Waals surface area contributed by atoms with E-state index in [-0.39, 0.29) is 37.2 Å². The van der Waals surface area contributed by atoms with E-state index in [1.54, 1.807) is 18.0 Å². The SMILES string of the molecule is Cc1csc(C(C)N(C)C(=O)CC2(c3cccc(F)c3)CC(=O)N(CCN(C)C)C2=O)n1. The van der Waals surface area contributed by atoms with E-state index in [4.69, 9.17) is 0 Å². The third-order valence-corrected chi connectivity index (χ3v) is 7.11. The number of amides is 3. The molecule has 1 aliphatic rings. The van der Waals surface area contributed by atoms with Crippen LogP contribution in [0.5, 0.6) is 0 Å². The fourth-order valence-corrected chi connectivity index (χ4v) is 4.80. The Labute approximate surface area is 191 Å². The van der Waals surface area contributed by atoms with Gasteiger partial charge in [-0.25, -0.2) is 9.37 Å². The van der Waals surface area contributed by atoms with Crippen LogP contribution in [0.25, 0.3) is 0 Å². The molecule has 2 atom stereocenters. The summed E-state index contributed by atoms with van der Waals surface area (Å²) in [5.41, 5.74) is -0.195. The van der Waals surface area contributed by atoms with Gasteiger partial charge in [0.25, 0.3) is 0 Å². The summed E-state index contributed by atoms with van der Waals surface area (Å²) >= 11 is 1.47. The number of hydrogen-bond donors (Lipinski definition) is 0. The summed E-state index contributed by atoms with van der Waals surface area (Å²) in [6.07, 6.45) is -0.377. The van der Waals surface area contributed by atoms with E-state index in [9.17, 15) is 18.8 Å². The van der Waals surface area contributed by atoms with Gasteiger partial charge < -0.3 is 9.80 Å². The molecule has 3 amide bonds. The van der Waals surface area contributed by atoms with Crippen LogP contribution in [0.3, 0.4) is 0 Å². The summed E-state index contributed by atoms with van der Waals surface area (Å²) < 4.78 is 14.1. The second-order valence-corrected chi connectivity index (χ2v) is 9.50. The molecule has 7 nitrogen and oxygen atoms in total. The van der Waals surface area contributed by atoms with Crippen molar-refractivity contribution in [1.29, 1.82) is 0 Å². The first-order valence-electron chi connectivity index (χ1n) is 10.5. The number of nitrogens with zero attached hydrogens (tertiary/aromatic N) is 4. The molecule has 2 unspecified atom stereocenters. The van der Waals surface area contributed by atoms with E-state index >= 15 is 0 Å². The molecule has 0 radical (unpaired) electrons. The van der Waals surface area contributed by atoms with Crippen molar-refractivity contribution in [2.45, 2.75) is 38.1 Å². The van der Waals surface area contributed by atoms with Crippen LogP contribution in [0.1, 0.15) is 42.1 Å². The van der Waals surface area contributed by atoms with E-state index < -0.39 is 17.1 Å². The normalized spacial score (nSPS) is 19.7. The van der Waals surface area contributed by atoms with Gasteiger partial charge in [-0.1, -0.05) is 12.1 Å². The number of carbonyl (C=O) groups excluding carboxylic acids is 3. The number of halogens is 1. The lowest BCUT2D eigenvalue weighted by Crippen LogP contribution is -2.44. The van der Waals surface area contributed by atoms with E-state index in [1.807, 2.05) is 38.2 Å². The number of rotatable bonds is 8. The number of likely N-dealkylation sites (tertiary alicyclic amines) is 1. The average molecular weight is 461 g/mol. The van der Waals surface area contributed by atoms with Crippen LogP contribution in [0.2, 0.25) is 0 Å². The number of carbonyl (C=O) groups is 3. The maximum Gasteiger partial charge on any atom is 0.240 e. The molecule has 0 saturated carbocycles. The van der Waals surface area contributed by atoms with E-state index in [0.717, 1.165) is 10.7 Å². The maximum absolute atomic E-state index is 14.1. The van der Waals surface area contributed by atoms with Crippen LogP contribution in [-0.2, 0) is 19.8 Å². The fraction of sp³-hybridized carbons (Fsp3) is 0.478. The van der Waals surface area contributed by atoms with Gasteiger partial charge in [-0.05, 0) is 45.6 Å². The molecule has 0 aliphatic carbocycles. The summed E-state index contributed by atoms with van der Waals surface area (Å²) in [7, 11) is 5.37. The highest BCUT2D eigenvalue weighted by Crippen LogP contribution is 2.41. The zero-order valence-corrected chi connectivity index (χ0v) is 19.9. The molecule has 9 heteroatoms. The van der Waals surface area contributed by atoms with Crippen molar-refractivity contribution in [2.75, 3.05) is 34.2 Å². The second kappa shape index (κ2) is 9.46. The minimum absolute atomic E-state index is 0.160. The minimum Gasteiger partial charge on any atom is -0.337 e. The van der Waals surface area contributed by atoms with Gasteiger partial charge in [0.1, 0.15) is 10.8 Å². The zero-order chi connectivity index (χ0) is 23.6. The molecular formula is C23H29FN4O3S. The second-order valence-electron chi connectivity index (χ2n) is 8.61. The molecule has 1 aliphatic heterocycles. The van der Waals surface area contributed by atoms with Gasteiger partial charge in [-0.2, -0.15) is 0 Å². The molecular weight excluding hydrogens is 431 g/mol. The van der Waals surface area contributed by atoms with Crippen LogP contribution in [-0.4, -0.2) is 71.6 Å². The molecule has 0 spiro atoms. The quantitative estimate of drug-likeness (QED) is 0.567. The van der Waals surface area contributed by atoms with E-state index in [1.165, 1.54) is 34.4 Å². The van der Waals surface area contributed by atoms with Crippen LogP contribution in [0.15, 0.2) is 29.6 Å². The topological polar surface area (TPSA) is 73.8 Å². The summed E-state index contributed by atoms with van der Waals surface area (Å²) in [4.78, 5) is 48.8. The fourth-order valence-electron chi connectivity index (χ4n) is 3.91. The van der Waals surface area contributed by atoms with Crippen molar-refractivity contribution in [1.82, 2.24) is 19.7 Å². The van der Waals surface area contributed by atoms with Gasteiger partial charge >= 0.3 is 0 Å². The lowest BCUT2D eigenvalue weighted by Gasteiger charge is -2.31. The number of likely N-dealkylation sites (N-methyl/N-ethyl adjacent to an activating group) is 1. The number of hydrogen-bond acceptors (Lipinski definition) is 6. The molecule has 0 N–H and O–H groups in total. The first-order chi connectivity index (χ1) is 15.0. The van der Waals surface area contributed by atoms with E-state index in [0.29, 0.717) is 12.1 Å². The Morgan fingerprint density at radius 3 is 2.62 bits per heavy atom. The number of thiazole rings is 1. The zero-order valence-electron chi connectivity index (χ0n) is 19.1. The Hall–Kier alpha value is -2.65. The third-order valence-electron chi connectivity index (χ3n) is 5.98. The predicted octanol–water partition coefficient (Wildman–Crippen LogP) is 2.76. The van der Waals surface area contributed by atoms with Crippen LogP contribution in [0, 0.1) is 12.7 Å². The Balaban J connectivity index is 1.93. The van der Waals surface area contributed by atoms with Gasteiger partial charge in [-0.15, -0.1) is 11.3 Å². The van der Waals surface area contributed by atoms with Crippen molar-refractivity contribution in [2.24, 2.45) is 0 Å². The first-order valence-corrected chi connectivity index (χ1v) is 11.4. The van der Waals surface area contributed by atoms with Crippen molar-refractivity contribution in [3.63, 3.8) is 0 Å². The smallest absolute Gasteiger partial charge is 0.240 e. The van der Waals surface area contributed by atoms with Crippen molar-refractivity contribution < 1.29 is 18.8 Å². The largest absolute Gasteiger partial charge is 0.337 e. The summed E-state index contributed by atoms with van der Waals surface area (Å²) in [5.74, 6) is -1.61. The lowest BCUT2D eigenvalue weighted by atomic mass is 9.75. The molecule has 2 aromatic rings. The monoisotopic (exact) mass is 460 g/mol. The van der Waals surface area contributed by atoms with Crippen molar-refractivity contribution in [3.05, 3.63) is 51.7 Å². The summed E-state index contributed by atoms with van der Waals surface area (Å²) in [6.45, 7) is 4.49.